The largest absolute Gasteiger partial charge is 0.509 e. The van der Waals surface area contributed by atoms with Gasteiger partial charge in [0.2, 0.25) is 0 Å². The molecule has 166 valence electrons. The standard InChI is InChI=1S/C20H14N6O6S/c21-18-17(20-22-14(10-33-20)11-4-3-5-12(8-11)25(29)30)16(27)9-24(18)23-19(28)13-6-1-2-7-15(13)26(31)32/h1-8,10,21,27H,9H2,(H,23,28). The highest BCUT2D eigenvalue weighted by molar-refractivity contribution is 7.11. The van der Waals surface area contributed by atoms with Gasteiger partial charge in [-0.3, -0.25) is 40.9 Å². The SMILES string of the molecule is N=C1C(c2nc(-c3cccc([N+](=O)[O-])c3)cs2)=C(O)CN1NC(=O)c1ccccc1[N+](=O)[O-]. The molecule has 33 heavy (non-hydrogen) atoms. The van der Waals surface area contributed by atoms with Crippen LogP contribution in [0.5, 0.6) is 0 Å². The van der Waals surface area contributed by atoms with Gasteiger partial charge < -0.3 is 5.11 Å². The second kappa shape index (κ2) is 8.47. The van der Waals surface area contributed by atoms with Gasteiger partial charge in [-0.05, 0) is 6.07 Å². The number of nitro benzene ring substituents is 2. The molecule has 0 saturated heterocycles. The van der Waals surface area contributed by atoms with E-state index in [2.05, 4.69) is 10.4 Å². The molecule has 0 fully saturated rings. The van der Waals surface area contributed by atoms with Crippen LogP contribution in [0.25, 0.3) is 16.8 Å². The van der Waals surface area contributed by atoms with Crippen LogP contribution in [0.1, 0.15) is 15.4 Å². The summed E-state index contributed by atoms with van der Waals surface area (Å²) >= 11 is 1.12. The zero-order chi connectivity index (χ0) is 23.7. The van der Waals surface area contributed by atoms with Crippen molar-refractivity contribution >= 4 is 40.0 Å². The highest BCUT2D eigenvalue weighted by Gasteiger charge is 2.32. The van der Waals surface area contributed by atoms with Gasteiger partial charge >= 0.3 is 0 Å². The summed E-state index contributed by atoms with van der Waals surface area (Å²) in [5, 5.41) is 43.9. The Morgan fingerprint density at radius 1 is 1.15 bits per heavy atom. The number of aromatic nitrogens is 1. The second-order valence-electron chi connectivity index (χ2n) is 6.82. The number of benzene rings is 2. The summed E-state index contributed by atoms with van der Waals surface area (Å²) < 4.78 is 0. The fourth-order valence-corrected chi connectivity index (χ4v) is 4.10. The molecule has 0 atom stereocenters. The van der Waals surface area contributed by atoms with E-state index in [0.29, 0.717) is 11.3 Å². The first-order valence-corrected chi connectivity index (χ1v) is 10.2. The molecule has 3 N–H and O–H groups in total. The molecular formula is C20H14N6O6S. The molecular weight excluding hydrogens is 452 g/mol. The number of hydrogen-bond donors (Lipinski definition) is 3. The molecule has 1 amide bonds. The quantitative estimate of drug-likeness (QED) is 0.365. The normalized spacial score (nSPS) is 13.3. The van der Waals surface area contributed by atoms with Crippen molar-refractivity contribution in [3.63, 3.8) is 0 Å². The van der Waals surface area contributed by atoms with Gasteiger partial charge in [0.05, 0.1) is 27.7 Å². The molecule has 4 rings (SSSR count). The average molecular weight is 466 g/mol. The summed E-state index contributed by atoms with van der Waals surface area (Å²) in [7, 11) is 0. The van der Waals surface area contributed by atoms with Crippen molar-refractivity contribution in [2.75, 3.05) is 6.54 Å². The van der Waals surface area contributed by atoms with Gasteiger partial charge in [-0.15, -0.1) is 11.3 Å². The molecule has 0 unspecified atom stereocenters. The van der Waals surface area contributed by atoms with Crippen molar-refractivity contribution in [1.29, 1.82) is 5.41 Å². The molecule has 1 aliphatic heterocycles. The summed E-state index contributed by atoms with van der Waals surface area (Å²) in [6.45, 7) is -0.230. The number of para-hydroxylation sites is 1. The first-order chi connectivity index (χ1) is 15.8. The van der Waals surface area contributed by atoms with Crippen LogP contribution >= 0.6 is 11.3 Å². The number of aliphatic hydroxyl groups excluding tert-OH is 1. The third kappa shape index (κ3) is 4.12. The Hall–Kier alpha value is -4.65. The number of carbonyl (C=O) groups is 1. The third-order valence-corrected chi connectivity index (χ3v) is 5.62. The van der Waals surface area contributed by atoms with Gasteiger partial charge in [0, 0.05) is 29.1 Å². The van der Waals surface area contributed by atoms with Gasteiger partial charge in [-0.2, -0.15) is 0 Å². The lowest BCUT2D eigenvalue weighted by Gasteiger charge is -2.19. The van der Waals surface area contributed by atoms with Gasteiger partial charge in [0.15, 0.2) is 5.84 Å². The van der Waals surface area contributed by atoms with E-state index in [-0.39, 0.29) is 45.7 Å². The number of rotatable bonds is 6. The first kappa shape index (κ1) is 21.6. The smallest absolute Gasteiger partial charge is 0.282 e. The molecule has 0 saturated carbocycles. The summed E-state index contributed by atoms with van der Waals surface area (Å²) in [5.74, 6) is -1.28. The van der Waals surface area contributed by atoms with Crippen molar-refractivity contribution in [2.45, 2.75) is 0 Å². The predicted molar refractivity (Wildman–Crippen MR) is 119 cm³/mol. The average Bonchev–Trinajstić information content (AvgIpc) is 3.38. The maximum absolute atomic E-state index is 12.6. The Balaban J connectivity index is 1.55. The van der Waals surface area contributed by atoms with Crippen LogP contribution in [0.15, 0.2) is 59.7 Å². The Morgan fingerprint density at radius 2 is 1.91 bits per heavy atom. The summed E-state index contributed by atoms with van der Waals surface area (Å²) in [5.41, 5.74) is 2.73. The maximum atomic E-state index is 12.6. The van der Waals surface area contributed by atoms with Gasteiger partial charge in [0.1, 0.15) is 16.3 Å². The van der Waals surface area contributed by atoms with E-state index >= 15 is 0 Å². The molecule has 0 aliphatic carbocycles. The topological polar surface area (TPSA) is 176 Å². The number of amidine groups is 1. The van der Waals surface area contributed by atoms with Crippen LogP contribution in [0.4, 0.5) is 11.4 Å². The van der Waals surface area contributed by atoms with Gasteiger partial charge in [-0.25, -0.2) is 4.98 Å². The maximum Gasteiger partial charge on any atom is 0.282 e. The predicted octanol–water partition coefficient (Wildman–Crippen LogP) is 3.53. The van der Waals surface area contributed by atoms with Crippen LogP contribution < -0.4 is 5.43 Å². The zero-order valence-corrected chi connectivity index (χ0v) is 17.4. The molecule has 3 aromatic rings. The van der Waals surface area contributed by atoms with Crippen LogP contribution in [0, 0.1) is 25.6 Å². The number of nitrogens with one attached hydrogen (secondary N) is 2. The lowest BCUT2D eigenvalue weighted by Crippen LogP contribution is -2.44. The van der Waals surface area contributed by atoms with Crippen molar-refractivity contribution in [1.82, 2.24) is 15.4 Å². The fraction of sp³-hybridized carbons (Fsp3) is 0.0500. The zero-order valence-electron chi connectivity index (χ0n) is 16.6. The number of thiazole rings is 1. The summed E-state index contributed by atoms with van der Waals surface area (Å²) in [4.78, 5) is 37.9. The highest BCUT2D eigenvalue weighted by Crippen LogP contribution is 2.32. The number of non-ortho nitro benzene ring substituents is 1. The van der Waals surface area contributed by atoms with E-state index in [1.807, 2.05) is 0 Å². The Morgan fingerprint density at radius 3 is 2.64 bits per heavy atom. The fourth-order valence-electron chi connectivity index (χ4n) is 3.21. The van der Waals surface area contributed by atoms with Gasteiger partial charge in [0.25, 0.3) is 17.3 Å². The third-order valence-electron chi connectivity index (χ3n) is 4.76. The van der Waals surface area contributed by atoms with E-state index < -0.39 is 15.8 Å². The highest BCUT2D eigenvalue weighted by atomic mass is 32.1. The van der Waals surface area contributed by atoms with Crippen LogP contribution in [0.3, 0.4) is 0 Å². The van der Waals surface area contributed by atoms with Crippen LogP contribution in [0.2, 0.25) is 0 Å². The molecule has 0 bridgehead atoms. The van der Waals surface area contributed by atoms with E-state index in [4.69, 9.17) is 5.41 Å². The number of carbonyl (C=O) groups excluding carboxylic acids is 1. The minimum absolute atomic E-state index is 0.0829. The summed E-state index contributed by atoms with van der Waals surface area (Å²) in [6, 6.07) is 11.3. The van der Waals surface area contributed by atoms with Gasteiger partial charge in [-0.1, -0.05) is 24.3 Å². The number of nitrogens with zero attached hydrogens (tertiary/aromatic N) is 4. The second-order valence-corrected chi connectivity index (χ2v) is 7.68. The number of hydrazine groups is 1. The lowest BCUT2D eigenvalue weighted by atomic mass is 10.1. The molecule has 12 nitrogen and oxygen atoms in total. The van der Waals surface area contributed by atoms with Crippen molar-refractivity contribution in [2.24, 2.45) is 0 Å². The summed E-state index contributed by atoms with van der Waals surface area (Å²) in [6.07, 6.45) is 0. The molecule has 0 radical (unpaired) electrons. The first-order valence-electron chi connectivity index (χ1n) is 9.30. The molecule has 1 aliphatic rings. The van der Waals surface area contributed by atoms with E-state index in [1.165, 1.54) is 42.5 Å². The Labute approximate surface area is 189 Å². The molecule has 2 aromatic carbocycles. The monoisotopic (exact) mass is 466 g/mol. The Kier molecular flexibility index (Phi) is 5.54. The van der Waals surface area contributed by atoms with E-state index in [9.17, 15) is 30.1 Å². The number of aliphatic hydroxyl groups is 1. The molecule has 1 aromatic heterocycles. The van der Waals surface area contributed by atoms with Crippen molar-refractivity contribution in [3.05, 3.63) is 90.5 Å². The van der Waals surface area contributed by atoms with Crippen LogP contribution in [-0.4, -0.2) is 43.2 Å². The van der Waals surface area contributed by atoms with E-state index in [1.54, 1.807) is 11.4 Å². The van der Waals surface area contributed by atoms with E-state index in [0.717, 1.165) is 16.3 Å². The minimum atomic E-state index is -0.808. The molecule has 2 heterocycles. The number of nitro groups is 2. The lowest BCUT2D eigenvalue weighted by molar-refractivity contribution is -0.385. The van der Waals surface area contributed by atoms with Crippen LogP contribution in [-0.2, 0) is 0 Å². The molecule has 0 spiro atoms. The number of amides is 1. The van der Waals surface area contributed by atoms with Crippen molar-refractivity contribution < 1.29 is 19.7 Å². The minimum Gasteiger partial charge on any atom is -0.509 e. The number of hydrogen-bond acceptors (Lipinski definition) is 9. The van der Waals surface area contributed by atoms with Crippen molar-refractivity contribution in [3.8, 4) is 11.3 Å². The Bertz CT molecular complexity index is 1350. The molecule has 13 heteroatoms.